The van der Waals surface area contributed by atoms with Crippen LogP contribution in [0.2, 0.25) is 0 Å². The molecule has 1 aromatic rings. The lowest BCUT2D eigenvalue weighted by Crippen LogP contribution is -2.48. The Balaban J connectivity index is 1.98. The van der Waals surface area contributed by atoms with E-state index in [0.717, 1.165) is 19.4 Å². The van der Waals surface area contributed by atoms with E-state index in [0.29, 0.717) is 23.7 Å². The molecule has 2 rings (SSSR count). The Morgan fingerprint density at radius 1 is 1.50 bits per heavy atom. The number of rotatable bonds is 6. The number of esters is 1. The highest BCUT2D eigenvalue weighted by Gasteiger charge is 2.31. The summed E-state index contributed by atoms with van der Waals surface area (Å²) in [6.45, 7) is 5.18. The van der Waals surface area contributed by atoms with Crippen molar-refractivity contribution < 1.29 is 19.1 Å². The van der Waals surface area contributed by atoms with E-state index in [1.807, 2.05) is 4.90 Å². The number of piperidine rings is 1. The average molecular weight is 353 g/mol. The van der Waals surface area contributed by atoms with Gasteiger partial charge in [-0.2, -0.15) is 0 Å². The summed E-state index contributed by atoms with van der Waals surface area (Å²) in [6.07, 6.45) is 1.62. The second kappa shape index (κ2) is 8.25. The van der Waals surface area contributed by atoms with Crippen molar-refractivity contribution in [1.82, 2.24) is 4.90 Å². The van der Waals surface area contributed by atoms with Crippen LogP contribution in [0.5, 0.6) is 0 Å². The molecule has 1 aliphatic heterocycles. The van der Waals surface area contributed by atoms with E-state index < -0.39 is 11.9 Å². The fourth-order valence-corrected chi connectivity index (χ4v) is 3.59. The van der Waals surface area contributed by atoms with Gasteiger partial charge in [-0.3, -0.25) is 19.3 Å². The van der Waals surface area contributed by atoms with Gasteiger partial charge in [-0.25, -0.2) is 0 Å². The third-order valence-electron chi connectivity index (χ3n) is 4.17. The summed E-state index contributed by atoms with van der Waals surface area (Å²) in [4.78, 5) is 37.7. The van der Waals surface area contributed by atoms with Crippen LogP contribution >= 0.6 is 11.3 Å². The van der Waals surface area contributed by atoms with Crippen molar-refractivity contribution >= 4 is 34.1 Å². The second-order valence-corrected chi connectivity index (χ2v) is 6.70. The van der Waals surface area contributed by atoms with Gasteiger partial charge in [0.05, 0.1) is 24.1 Å². The number of anilines is 1. The van der Waals surface area contributed by atoms with Crippen molar-refractivity contribution in [3.63, 3.8) is 0 Å². The Morgan fingerprint density at radius 2 is 2.25 bits per heavy atom. The van der Waals surface area contributed by atoms with Crippen LogP contribution in [-0.4, -0.2) is 48.4 Å². The summed E-state index contributed by atoms with van der Waals surface area (Å²) in [6, 6.07) is 1.18. The quantitative estimate of drug-likeness (QED) is 0.754. The molecule has 2 heterocycles. The topological polar surface area (TPSA) is 102 Å². The maximum atomic E-state index is 12.5. The zero-order chi connectivity index (χ0) is 17.7. The lowest BCUT2D eigenvalue weighted by molar-refractivity contribution is -0.150. The van der Waals surface area contributed by atoms with E-state index in [2.05, 4.69) is 5.32 Å². The first-order valence-electron chi connectivity index (χ1n) is 8.02. The van der Waals surface area contributed by atoms with Gasteiger partial charge in [-0.1, -0.05) is 0 Å². The molecule has 8 heteroatoms. The molecule has 2 atom stereocenters. The summed E-state index contributed by atoms with van der Waals surface area (Å²) in [7, 11) is 0. The van der Waals surface area contributed by atoms with Crippen LogP contribution in [-0.2, 0) is 14.3 Å². The number of nitrogens with zero attached hydrogens (tertiary/aromatic N) is 1. The Labute approximate surface area is 145 Å². The van der Waals surface area contributed by atoms with E-state index in [9.17, 15) is 14.4 Å². The van der Waals surface area contributed by atoms with E-state index >= 15 is 0 Å². The molecule has 0 saturated carbocycles. The smallest absolute Gasteiger partial charge is 0.310 e. The molecule has 1 aliphatic rings. The van der Waals surface area contributed by atoms with Crippen LogP contribution in [0.3, 0.4) is 0 Å². The number of carbonyl (C=O) groups excluding carboxylic acids is 3. The highest BCUT2D eigenvalue weighted by molar-refractivity contribution is 7.14. The first-order chi connectivity index (χ1) is 11.4. The second-order valence-electron chi connectivity index (χ2n) is 5.78. The van der Waals surface area contributed by atoms with E-state index in [1.165, 1.54) is 11.3 Å². The summed E-state index contributed by atoms with van der Waals surface area (Å²) < 4.78 is 5.08. The molecule has 0 aromatic carbocycles. The van der Waals surface area contributed by atoms with Crippen LogP contribution in [0.25, 0.3) is 0 Å². The van der Waals surface area contributed by atoms with Gasteiger partial charge in [0.1, 0.15) is 5.00 Å². The van der Waals surface area contributed by atoms with Gasteiger partial charge in [0.15, 0.2) is 0 Å². The maximum absolute atomic E-state index is 12.5. The van der Waals surface area contributed by atoms with Gasteiger partial charge in [-0.15, -0.1) is 11.3 Å². The number of nitrogens with two attached hydrogens (primary N) is 1. The molecule has 7 nitrogen and oxygen atoms in total. The molecular weight excluding hydrogens is 330 g/mol. The number of thiophene rings is 1. The standard InChI is InChI=1S/C16H23N3O4S/c1-3-23-16(22)11-5-4-7-19(9-11)10(2)14(21)18-15-12(13(17)20)6-8-24-15/h6,8,10-11H,3-5,7,9H2,1-2H3,(H2,17,20)(H,18,21)/t10-,11+/m1/s1. The molecule has 132 valence electrons. The highest BCUT2D eigenvalue weighted by Crippen LogP contribution is 2.24. The molecular formula is C16H23N3O4S. The van der Waals surface area contributed by atoms with Crippen molar-refractivity contribution in [2.75, 3.05) is 25.0 Å². The molecule has 3 N–H and O–H groups in total. The number of hydrogen-bond acceptors (Lipinski definition) is 6. The molecule has 0 aliphatic carbocycles. The Morgan fingerprint density at radius 3 is 2.92 bits per heavy atom. The molecule has 1 fully saturated rings. The molecule has 2 amide bonds. The third-order valence-corrected chi connectivity index (χ3v) is 5.00. The molecule has 0 unspecified atom stereocenters. The zero-order valence-corrected chi connectivity index (χ0v) is 14.7. The number of nitrogens with one attached hydrogen (secondary N) is 1. The number of primary amides is 1. The molecule has 24 heavy (non-hydrogen) atoms. The van der Waals surface area contributed by atoms with Crippen molar-refractivity contribution in [3.05, 3.63) is 17.0 Å². The minimum absolute atomic E-state index is 0.197. The van der Waals surface area contributed by atoms with Crippen molar-refractivity contribution in [1.29, 1.82) is 0 Å². The van der Waals surface area contributed by atoms with Crippen LogP contribution in [0, 0.1) is 5.92 Å². The summed E-state index contributed by atoms with van der Waals surface area (Å²) in [5, 5.41) is 4.92. The number of hydrogen-bond donors (Lipinski definition) is 2. The normalized spacial score (nSPS) is 19.5. The van der Waals surface area contributed by atoms with Gasteiger partial charge in [-0.05, 0) is 44.7 Å². The number of ether oxygens (including phenoxy) is 1. The first kappa shape index (κ1) is 18.4. The van der Waals surface area contributed by atoms with Crippen LogP contribution in [0.1, 0.15) is 37.0 Å². The number of amides is 2. The van der Waals surface area contributed by atoms with Crippen LogP contribution in [0.4, 0.5) is 5.00 Å². The lowest BCUT2D eigenvalue weighted by Gasteiger charge is -2.35. The Bertz CT molecular complexity index is 616. The minimum atomic E-state index is -0.570. The summed E-state index contributed by atoms with van der Waals surface area (Å²) in [5.41, 5.74) is 5.60. The fraction of sp³-hybridized carbons (Fsp3) is 0.562. The first-order valence-corrected chi connectivity index (χ1v) is 8.90. The molecule has 1 saturated heterocycles. The highest BCUT2D eigenvalue weighted by atomic mass is 32.1. The van der Waals surface area contributed by atoms with Gasteiger partial charge in [0.25, 0.3) is 5.91 Å². The number of carbonyl (C=O) groups is 3. The van der Waals surface area contributed by atoms with Crippen LogP contribution in [0.15, 0.2) is 11.4 Å². The average Bonchev–Trinajstić information content (AvgIpc) is 3.02. The van der Waals surface area contributed by atoms with Crippen molar-refractivity contribution in [2.45, 2.75) is 32.7 Å². The third kappa shape index (κ3) is 4.33. The van der Waals surface area contributed by atoms with E-state index in [4.69, 9.17) is 10.5 Å². The SMILES string of the molecule is CCOC(=O)[C@H]1CCCN([C@H](C)C(=O)Nc2sccc2C(N)=O)C1. The predicted molar refractivity (Wildman–Crippen MR) is 91.9 cm³/mol. The molecule has 0 spiro atoms. The molecule has 1 aromatic heterocycles. The van der Waals surface area contributed by atoms with Crippen LogP contribution < -0.4 is 11.1 Å². The summed E-state index contributed by atoms with van der Waals surface area (Å²) >= 11 is 1.26. The monoisotopic (exact) mass is 353 g/mol. The molecule has 0 bridgehead atoms. The van der Waals surface area contributed by atoms with Gasteiger partial charge >= 0.3 is 5.97 Å². The minimum Gasteiger partial charge on any atom is -0.466 e. The Kier molecular flexibility index (Phi) is 6.33. The van der Waals surface area contributed by atoms with E-state index in [-0.39, 0.29) is 17.8 Å². The summed E-state index contributed by atoms with van der Waals surface area (Å²) in [5.74, 6) is -1.19. The number of likely N-dealkylation sites (tertiary alicyclic amines) is 1. The predicted octanol–water partition coefficient (Wildman–Crippen LogP) is 1.45. The van der Waals surface area contributed by atoms with Gasteiger partial charge < -0.3 is 15.8 Å². The zero-order valence-electron chi connectivity index (χ0n) is 13.9. The van der Waals surface area contributed by atoms with Crippen molar-refractivity contribution in [3.8, 4) is 0 Å². The molecule has 0 radical (unpaired) electrons. The van der Waals surface area contributed by atoms with Gasteiger partial charge in [0.2, 0.25) is 5.91 Å². The maximum Gasteiger partial charge on any atom is 0.310 e. The fourth-order valence-electron chi connectivity index (χ4n) is 2.79. The van der Waals surface area contributed by atoms with Crippen molar-refractivity contribution in [2.24, 2.45) is 11.7 Å². The lowest BCUT2D eigenvalue weighted by atomic mass is 9.97. The Hall–Kier alpha value is -1.93. The van der Waals surface area contributed by atoms with E-state index in [1.54, 1.807) is 25.3 Å². The largest absolute Gasteiger partial charge is 0.466 e. The van der Waals surface area contributed by atoms with Gasteiger partial charge in [0, 0.05) is 6.54 Å².